The molecule has 0 unspecified atom stereocenters. The summed E-state index contributed by atoms with van der Waals surface area (Å²) in [6, 6.07) is 4.56. The Morgan fingerprint density at radius 2 is 2.12 bits per heavy atom. The zero-order valence-corrected chi connectivity index (χ0v) is 8.80. The normalized spacial score (nSPS) is 13.9. The quantitative estimate of drug-likeness (QED) is 0.751. The topological polar surface area (TPSA) is 76.6 Å². The fourth-order valence-electron chi connectivity index (χ4n) is 1.57. The summed E-state index contributed by atoms with van der Waals surface area (Å²) in [5.41, 5.74) is 0.319. The minimum absolute atomic E-state index is 0.319. The van der Waals surface area contributed by atoms with E-state index >= 15 is 0 Å². The first-order chi connectivity index (χ1) is 7.85. The lowest BCUT2D eigenvalue weighted by Gasteiger charge is -2.21. The molecule has 0 aliphatic heterocycles. The highest BCUT2D eigenvalue weighted by Crippen LogP contribution is 2.30. The van der Waals surface area contributed by atoms with Gasteiger partial charge in [-0.3, -0.25) is 0 Å². The van der Waals surface area contributed by atoms with Crippen molar-refractivity contribution >= 4 is 5.82 Å². The molecule has 1 aromatic heterocycles. The molecule has 0 radical (unpaired) electrons. The van der Waals surface area contributed by atoms with E-state index in [4.69, 9.17) is 10.5 Å². The molecular weight excluding hydrogens is 202 g/mol. The Hall–Kier alpha value is -2.14. The number of rotatable bonds is 4. The molecule has 1 heterocycles. The van der Waals surface area contributed by atoms with Crippen molar-refractivity contribution in [1.29, 1.82) is 10.5 Å². The third kappa shape index (κ3) is 2.26. The zero-order chi connectivity index (χ0) is 11.4. The Kier molecular flexibility index (Phi) is 2.98. The first-order valence-electron chi connectivity index (χ1n) is 5.21. The number of nitrogens with zero attached hydrogens (tertiary/aromatic N) is 5. The SMILES string of the molecule is N#CCCN(c1cnc(C#N)cn1)C1CC1. The van der Waals surface area contributed by atoms with Gasteiger partial charge in [-0.25, -0.2) is 9.97 Å². The van der Waals surface area contributed by atoms with Crippen LogP contribution in [0.1, 0.15) is 25.0 Å². The van der Waals surface area contributed by atoms with Crippen LogP contribution in [-0.4, -0.2) is 22.6 Å². The van der Waals surface area contributed by atoms with Crippen LogP contribution >= 0.6 is 0 Å². The summed E-state index contributed by atoms with van der Waals surface area (Å²) < 4.78 is 0. The van der Waals surface area contributed by atoms with E-state index < -0.39 is 0 Å². The number of aromatic nitrogens is 2. The maximum absolute atomic E-state index is 8.62. The molecular formula is C11H11N5. The van der Waals surface area contributed by atoms with Crippen LogP contribution in [0, 0.1) is 22.7 Å². The lowest BCUT2D eigenvalue weighted by molar-refractivity contribution is 0.774. The first kappa shape index (κ1) is 10.4. The van der Waals surface area contributed by atoms with Crippen molar-refractivity contribution in [2.24, 2.45) is 0 Å². The van der Waals surface area contributed by atoms with Gasteiger partial charge >= 0.3 is 0 Å². The molecule has 0 spiro atoms. The van der Waals surface area contributed by atoms with E-state index in [-0.39, 0.29) is 0 Å². The largest absolute Gasteiger partial charge is 0.351 e. The molecule has 80 valence electrons. The van der Waals surface area contributed by atoms with Crippen molar-refractivity contribution in [1.82, 2.24) is 9.97 Å². The van der Waals surface area contributed by atoms with Gasteiger partial charge in [-0.1, -0.05) is 0 Å². The maximum Gasteiger partial charge on any atom is 0.158 e. The van der Waals surface area contributed by atoms with Gasteiger partial charge in [-0.2, -0.15) is 10.5 Å². The minimum Gasteiger partial charge on any atom is -0.351 e. The first-order valence-corrected chi connectivity index (χ1v) is 5.21. The summed E-state index contributed by atoms with van der Waals surface area (Å²) in [5, 5.41) is 17.2. The van der Waals surface area contributed by atoms with Gasteiger partial charge in [0.15, 0.2) is 5.69 Å². The summed E-state index contributed by atoms with van der Waals surface area (Å²) in [6.45, 7) is 0.682. The molecule has 2 rings (SSSR count). The number of anilines is 1. The van der Waals surface area contributed by atoms with Crippen LogP contribution in [-0.2, 0) is 0 Å². The Bertz CT molecular complexity index is 435. The highest BCUT2D eigenvalue weighted by molar-refractivity contribution is 5.40. The molecule has 0 saturated heterocycles. The van der Waals surface area contributed by atoms with Gasteiger partial charge < -0.3 is 4.90 Å². The minimum atomic E-state index is 0.319. The van der Waals surface area contributed by atoms with Crippen LogP contribution in [0.25, 0.3) is 0 Å². The van der Waals surface area contributed by atoms with Gasteiger partial charge in [-0.05, 0) is 12.8 Å². The molecule has 1 aliphatic rings. The van der Waals surface area contributed by atoms with Crippen LogP contribution in [0.15, 0.2) is 12.4 Å². The van der Waals surface area contributed by atoms with Gasteiger partial charge in [0.05, 0.1) is 24.9 Å². The summed E-state index contributed by atoms with van der Waals surface area (Å²) in [4.78, 5) is 10.3. The Labute approximate surface area is 94.0 Å². The fourth-order valence-corrected chi connectivity index (χ4v) is 1.57. The highest BCUT2D eigenvalue weighted by atomic mass is 15.2. The average molecular weight is 213 g/mol. The summed E-state index contributed by atoms with van der Waals surface area (Å²) in [5.74, 6) is 0.761. The van der Waals surface area contributed by atoms with E-state index in [1.165, 1.54) is 6.20 Å². The molecule has 1 aliphatic carbocycles. The van der Waals surface area contributed by atoms with Crippen LogP contribution < -0.4 is 4.90 Å². The van der Waals surface area contributed by atoms with Crippen molar-refractivity contribution in [3.05, 3.63) is 18.1 Å². The summed E-state index contributed by atoms with van der Waals surface area (Å²) >= 11 is 0. The molecule has 16 heavy (non-hydrogen) atoms. The van der Waals surface area contributed by atoms with Crippen LogP contribution in [0.2, 0.25) is 0 Å². The van der Waals surface area contributed by atoms with Gasteiger partial charge in [0.1, 0.15) is 11.9 Å². The van der Waals surface area contributed by atoms with Gasteiger partial charge in [-0.15, -0.1) is 0 Å². The van der Waals surface area contributed by atoms with Crippen molar-refractivity contribution in [3.63, 3.8) is 0 Å². The molecule has 5 nitrogen and oxygen atoms in total. The predicted octanol–water partition coefficient (Wildman–Crippen LogP) is 1.23. The monoisotopic (exact) mass is 213 g/mol. The second-order valence-corrected chi connectivity index (χ2v) is 3.70. The standard InChI is InChI=1S/C11H11N5/c12-4-1-5-16(10-2-3-10)11-8-14-9(6-13)7-15-11/h7-8,10H,1-3,5H2. The molecule has 5 heteroatoms. The summed E-state index contributed by atoms with van der Waals surface area (Å²) in [6.07, 6.45) is 5.85. The van der Waals surface area contributed by atoms with Gasteiger partial charge in [0.2, 0.25) is 0 Å². The van der Waals surface area contributed by atoms with Crippen molar-refractivity contribution < 1.29 is 0 Å². The molecule has 0 amide bonds. The van der Waals surface area contributed by atoms with Crippen molar-refractivity contribution in [2.45, 2.75) is 25.3 Å². The lowest BCUT2D eigenvalue weighted by atomic mass is 10.3. The third-order valence-corrected chi connectivity index (χ3v) is 2.50. The Balaban J connectivity index is 2.12. The van der Waals surface area contributed by atoms with Crippen LogP contribution in [0.3, 0.4) is 0 Å². The van der Waals surface area contributed by atoms with E-state index in [2.05, 4.69) is 20.9 Å². The van der Waals surface area contributed by atoms with E-state index in [1.807, 2.05) is 6.07 Å². The summed E-state index contributed by atoms with van der Waals surface area (Å²) in [7, 11) is 0. The van der Waals surface area contributed by atoms with E-state index in [0.29, 0.717) is 24.7 Å². The molecule has 0 bridgehead atoms. The Morgan fingerprint density at radius 3 is 2.62 bits per heavy atom. The number of hydrogen-bond donors (Lipinski definition) is 0. The molecule has 0 N–H and O–H groups in total. The number of nitriles is 2. The lowest BCUT2D eigenvalue weighted by Crippen LogP contribution is -2.27. The molecule has 1 fully saturated rings. The third-order valence-electron chi connectivity index (χ3n) is 2.50. The van der Waals surface area contributed by atoms with Crippen LogP contribution in [0.4, 0.5) is 5.82 Å². The molecule has 1 saturated carbocycles. The van der Waals surface area contributed by atoms with E-state index in [1.54, 1.807) is 6.20 Å². The van der Waals surface area contributed by atoms with Crippen molar-refractivity contribution in [2.75, 3.05) is 11.4 Å². The molecule has 0 aromatic carbocycles. The second-order valence-electron chi connectivity index (χ2n) is 3.70. The smallest absolute Gasteiger partial charge is 0.158 e. The van der Waals surface area contributed by atoms with E-state index in [0.717, 1.165) is 18.7 Å². The highest BCUT2D eigenvalue weighted by Gasteiger charge is 2.29. The predicted molar refractivity (Wildman–Crippen MR) is 57.3 cm³/mol. The average Bonchev–Trinajstić information content (AvgIpc) is 3.15. The Morgan fingerprint density at radius 1 is 1.31 bits per heavy atom. The van der Waals surface area contributed by atoms with E-state index in [9.17, 15) is 0 Å². The van der Waals surface area contributed by atoms with Gasteiger partial charge in [0, 0.05) is 12.6 Å². The van der Waals surface area contributed by atoms with Crippen molar-refractivity contribution in [3.8, 4) is 12.1 Å². The van der Waals surface area contributed by atoms with Gasteiger partial charge in [0.25, 0.3) is 0 Å². The second kappa shape index (κ2) is 4.59. The maximum atomic E-state index is 8.62. The molecule has 1 aromatic rings. The fraction of sp³-hybridized carbons (Fsp3) is 0.455. The molecule has 0 atom stereocenters. The number of hydrogen-bond acceptors (Lipinski definition) is 5. The van der Waals surface area contributed by atoms with Crippen LogP contribution in [0.5, 0.6) is 0 Å². The zero-order valence-electron chi connectivity index (χ0n) is 8.80.